The molecule has 5 heteroatoms. The van der Waals surface area contributed by atoms with Gasteiger partial charge in [-0.1, -0.05) is 29.8 Å². The lowest BCUT2D eigenvalue weighted by Gasteiger charge is -2.13. The molecule has 2 aromatic rings. The molecule has 0 aromatic heterocycles. The van der Waals surface area contributed by atoms with E-state index in [0.29, 0.717) is 5.75 Å². The average Bonchev–Trinajstić information content (AvgIpc) is 2.57. The first-order valence-corrected chi connectivity index (χ1v) is 7.79. The first-order valence-electron chi connectivity index (χ1n) is 7.79. The summed E-state index contributed by atoms with van der Waals surface area (Å²) in [6, 6.07) is 15.4. The van der Waals surface area contributed by atoms with Crippen LogP contribution in [0.15, 0.2) is 53.6 Å². The summed E-state index contributed by atoms with van der Waals surface area (Å²) in [7, 11) is 3.97. The van der Waals surface area contributed by atoms with Crippen LogP contribution in [0, 0.1) is 6.92 Å². The third-order valence-electron chi connectivity index (χ3n) is 3.50. The van der Waals surface area contributed by atoms with E-state index < -0.39 is 6.10 Å². The Morgan fingerprint density at radius 3 is 2.33 bits per heavy atom. The Balaban J connectivity index is 1.86. The molecule has 0 aliphatic rings. The molecule has 5 nitrogen and oxygen atoms in total. The highest BCUT2D eigenvalue weighted by Gasteiger charge is 2.13. The predicted octanol–water partition coefficient (Wildman–Crippen LogP) is 2.98. The normalized spacial score (nSPS) is 12.0. The maximum Gasteiger partial charge on any atom is 0.280 e. The number of anilines is 1. The van der Waals surface area contributed by atoms with Crippen molar-refractivity contribution in [3.63, 3.8) is 0 Å². The summed E-state index contributed by atoms with van der Waals surface area (Å²) in [5, 5.41) is 3.97. The van der Waals surface area contributed by atoms with E-state index >= 15 is 0 Å². The summed E-state index contributed by atoms with van der Waals surface area (Å²) in [6.07, 6.45) is 0.983. The van der Waals surface area contributed by atoms with Crippen molar-refractivity contribution in [2.24, 2.45) is 5.10 Å². The quantitative estimate of drug-likeness (QED) is 0.656. The van der Waals surface area contributed by atoms with Crippen LogP contribution in [0.2, 0.25) is 0 Å². The Bertz CT molecular complexity index is 692. The van der Waals surface area contributed by atoms with Crippen molar-refractivity contribution in [2.45, 2.75) is 20.0 Å². The minimum atomic E-state index is -0.624. The number of nitrogens with one attached hydrogen (secondary N) is 1. The molecule has 1 atom stereocenters. The fourth-order valence-corrected chi connectivity index (χ4v) is 1.99. The highest BCUT2D eigenvalue weighted by atomic mass is 16.5. The maximum absolute atomic E-state index is 12.0. The summed E-state index contributed by atoms with van der Waals surface area (Å²) >= 11 is 0. The van der Waals surface area contributed by atoms with E-state index in [1.807, 2.05) is 74.4 Å². The Labute approximate surface area is 142 Å². The number of hydrogen-bond acceptors (Lipinski definition) is 4. The molecule has 24 heavy (non-hydrogen) atoms. The van der Waals surface area contributed by atoms with Gasteiger partial charge < -0.3 is 9.64 Å². The lowest BCUT2D eigenvalue weighted by atomic mass is 10.2. The Hall–Kier alpha value is -2.82. The van der Waals surface area contributed by atoms with Crippen LogP contribution in [-0.2, 0) is 4.79 Å². The Morgan fingerprint density at radius 2 is 1.75 bits per heavy atom. The van der Waals surface area contributed by atoms with Gasteiger partial charge in [0.1, 0.15) is 5.75 Å². The second kappa shape index (κ2) is 8.15. The fraction of sp³-hybridized carbons (Fsp3) is 0.263. The fourth-order valence-electron chi connectivity index (χ4n) is 1.99. The molecule has 0 fully saturated rings. The molecule has 0 aliphatic carbocycles. The molecular weight excluding hydrogens is 302 g/mol. The molecule has 0 radical (unpaired) electrons. The minimum absolute atomic E-state index is 0.295. The molecule has 1 unspecified atom stereocenters. The van der Waals surface area contributed by atoms with Gasteiger partial charge in [0.05, 0.1) is 6.21 Å². The maximum atomic E-state index is 12.0. The van der Waals surface area contributed by atoms with Crippen molar-refractivity contribution in [3.8, 4) is 5.75 Å². The van der Waals surface area contributed by atoms with Crippen LogP contribution in [0.3, 0.4) is 0 Å². The summed E-state index contributed by atoms with van der Waals surface area (Å²) < 4.78 is 5.58. The van der Waals surface area contributed by atoms with E-state index in [2.05, 4.69) is 10.5 Å². The molecular formula is C19H23N3O2. The molecule has 0 saturated carbocycles. The van der Waals surface area contributed by atoms with Crippen LogP contribution in [0.5, 0.6) is 5.75 Å². The van der Waals surface area contributed by atoms with E-state index in [9.17, 15) is 4.79 Å². The number of ether oxygens (including phenoxy) is 1. The van der Waals surface area contributed by atoms with Crippen molar-refractivity contribution in [2.75, 3.05) is 19.0 Å². The number of hydrogen-bond donors (Lipinski definition) is 1. The summed E-state index contributed by atoms with van der Waals surface area (Å²) in [5.41, 5.74) is 5.66. The van der Waals surface area contributed by atoms with Gasteiger partial charge in [-0.15, -0.1) is 0 Å². The number of nitrogens with zero attached hydrogens (tertiary/aromatic N) is 2. The van der Waals surface area contributed by atoms with Gasteiger partial charge >= 0.3 is 0 Å². The van der Waals surface area contributed by atoms with E-state index in [-0.39, 0.29) is 5.91 Å². The first-order chi connectivity index (χ1) is 11.5. The van der Waals surface area contributed by atoms with Crippen molar-refractivity contribution in [3.05, 3.63) is 59.7 Å². The van der Waals surface area contributed by atoms with Crippen molar-refractivity contribution in [1.82, 2.24) is 5.43 Å². The zero-order valence-electron chi connectivity index (χ0n) is 14.5. The molecule has 0 aliphatic heterocycles. The number of amides is 1. The minimum Gasteiger partial charge on any atom is -0.481 e. The van der Waals surface area contributed by atoms with E-state index in [0.717, 1.165) is 16.8 Å². The Kier molecular flexibility index (Phi) is 5.95. The highest BCUT2D eigenvalue weighted by Crippen LogP contribution is 2.13. The van der Waals surface area contributed by atoms with Crippen LogP contribution in [0.4, 0.5) is 5.69 Å². The Morgan fingerprint density at radius 1 is 1.12 bits per heavy atom. The van der Waals surface area contributed by atoms with Gasteiger partial charge in [0.25, 0.3) is 5.91 Å². The van der Waals surface area contributed by atoms with Crippen LogP contribution in [0.1, 0.15) is 18.1 Å². The SMILES string of the molecule is Cc1ccc(OC(C)C(=O)NN=Cc2ccc(N(C)C)cc2)cc1. The van der Waals surface area contributed by atoms with Gasteiger partial charge in [-0.05, 0) is 43.7 Å². The number of aryl methyl sites for hydroxylation is 1. The molecule has 0 bridgehead atoms. The predicted molar refractivity (Wildman–Crippen MR) is 97.8 cm³/mol. The van der Waals surface area contributed by atoms with Crippen molar-refractivity contribution in [1.29, 1.82) is 0 Å². The van der Waals surface area contributed by atoms with Crippen molar-refractivity contribution >= 4 is 17.8 Å². The number of carbonyl (C=O) groups is 1. The smallest absolute Gasteiger partial charge is 0.280 e. The molecule has 1 N–H and O–H groups in total. The van der Waals surface area contributed by atoms with Crippen LogP contribution >= 0.6 is 0 Å². The molecule has 126 valence electrons. The third-order valence-corrected chi connectivity index (χ3v) is 3.50. The number of carbonyl (C=O) groups excluding carboxylic acids is 1. The zero-order valence-corrected chi connectivity index (χ0v) is 14.5. The van der Waals surface area contributed by atoms with Crippen LogP contribution in [0.25, 0.3) is 0 Å². The van der Waals surface area contributed by atoms with E-state index in [4.69, 9.17) is 4.74 Å². The molecule has 1 amide bonds. The first kappa shape index (κ1) is 17.5. The average molecular weight is 325 g/mol. The summed E-state index contributed by atoms with van der Waals surface area (Å²) in [6.45, 7) is 3.69. The highest BCUT2D eigenvalue weighted by molar-refractivity contribution is 5.84. The van der Waals surface area contributed by atoms with Gasteiger partial charge in [-0.25, -0.2) is 5.43 Å². The van der Waals surface area contributed by atoms with E-state index in [1.54, 1.807) is 13.1 Å². The van der Waals surface area contributed by atoms with Gasteiger partial charge in [-0.3, -0.25) is 4.79 Å². The molecule has 2 rings (SSSR count). The number of hydrazone groups is 1. The topological polar surface area (TPSA) is 53.9 Å². The van der Waals surface area contributed by atoms with Crippen molar-refractivity contribution < 1.29 is 9.53 Å². The van der Waals surface area contributed by atoms with Crippen LogP contribution in [-0.4, -0.2) is 32.3 Å². The number of rotatable bonds is 6. The van der Waals surface area contributed by atoms with Crippen LogP contribution < -0.4 is 15.1 Å². The molecule has 2 aromatic carbocycles. The monoisotopic (exact) mass is 325 g/mol. The second-order valence-corrected chi connectivity index (χ2v) is 5.79. The van der Waals surface area contributed by atoms with Gasteiger partial charge in [0.15, 0.2) is 6.10 Å². The largest absolute Gasteiger partial charge is 0.481 e. The lowest BCUT2D eigenvalue weighted by Crippen LogP contribution is -2.33. The molecule has 0 heterocycles. The lowest BCUT2D eigenvalue weighted by molar-refractivity contribution is -0.127. The zero-order chi connectivity index (χ0) is 17.5. The van der Waals surface area contributed by atoms with Gasteiger partial charge in [0.2, 0.25) is 0 Å². The molecule has 0 spiro atoms. The third kappa shape index (κ3) is 5.12. The molecule has 0 saturated heterocycles. The van der Waals surface area contributed by atoms with Gasteiger partial charge in [-0.2, -0.15) is 5.10 Å². The van der Waals surface area contributed by atoms with Gasteiger partial charge in [0, 0.05) is 19.8 Å². The number of benzene rings is 2. The standard InChI is InChI=1S/C19H23N3O2/c1-14-5-11-18(12-6-14)24-15(2)19(23)21-20-13-16-7-9-17(10-8-16)22(3)4/h5-13,15H,1-4H3,(H,21,23). The summed E-state index contributed by atoms with van der Waals surface area (Å²) in [4.78, 5) is 14.0. The van der Waals surface area contributed by atoms with E-state index in [1.165, 1.54) is 0 Å². The summed E-state index contributed by atoms with van der Waals surface area (Å²) in [5.74, 6) is 0.364. The second-order valence-electron chi connectivity index (χ2n) is 5.79.